The highest BCUT2D eigenvalue weighted by molar-refractivity contribution is 4.62. The van der Waals surface area contributed by atoms with Gasteiger partial charge in [-0.1, -0.05) is 136 Å². The van der Waals surface area contributed by atoms with Crippen LogP contribution in [0.3, 0.4) is 0 Å². The summed E-state index contributed by atoms with van der Waals surface area (Å²) >= 11 is 0. The van der Waals surface area contributed by atoms with Crippen molar-refractivity contribution in [1.82, 2.24) is 0 Å². The molecule has 0 bridgehead atoms. The van der Waals surface area contributed by atoms with Crippen LogP contribution in [0.4, 0.5) is 0 Å². The summed E-state index contributed by atoms with van der Waals surface area (Å²) < 4.78 is 0. The molecule has 0 rings (SSSR count). The van der Waals surface area contributed by atoms with Crippen LogP contribution in [0, 0.1) is 0 Å². The fourth-order valence-electron chi connectivity index (χ4n) is 3.76. The smallest absolute Gasteiger partial charge is 0.00388 e. The largest absolute Gasteiger partial charge is 0.328 e. The van der Waals surface area contributed by atoms with Gasteiger partial charge in [0, 0.05) is 6.04 Å². The SMILES string of the molecule is CCCCCCCCCCCCCC(N)CCCCCCCCCC. The topological polar surface area (TPSA) is 26.0 Å². The maximum atomic E-state index is 6.27. The number of unbranched alkanes of at least 4 members (excludes halogenated alkanes) is 17. The highest BCUT2D eigenvalue weighted by Crippen LogP contribution is 2.14. The molecule has 0 amide bonds. The second-order valence-electron chi connectivity index (χ2n) is 8.35. The summed E-state index contributed by atoms with van der Waals surface area (Å²) in [5.41, 5.74) is 6.27. The average Bonchev–Trinajstić information content (AvgIpc) is 2.62. The van der Waals surface area contributed by atoms with Gasteiger partial charge >= 0.3 is 0 Å². The Labute approximate surface area is 160 Å². The van der Waals surface area contributed by atoms with Gasteiger partial charge in [-0.2, -0.15) is 0 Å². The molecule has 0 saturated carbocycles. The van der Waals surface area contributed by atoms with Crippen molar-refractivity contribution in [3.05, 3.63) is 0 Å². The van der Waals surface area contributed by atoms with Crippen molar-refractivity contribution >= 4 is 0 Å². The molecule has 0 aliphatic carbocycles. The highest BCUT2D eigenvalue weighted by atomic mass is 14.6. The Hall–Kier alpha value is -0.0400. The molecule has 0 spiro atoms. The summed E-state index contributed by atoms with van der Waals surface area (Å²) in [6.07, 6.45) is 29.5. The van der Waals surface area contributed by atoms with E-state index in [0.717, 1.165) is 0 Å². The third kappa shape index (κ3) is 21.9. The van der Waals surface area contributed by atoms with E-state index in [1.807, 2.05) is 0 Å². The van der Waals surface area contributed by atoms with Crippen LogP contribution in [0.15, 0.2) is 0 Å². The van der Waals surface area contributed by atoms with Crippen molar-refractivity contribution < 1.29 is 0 Å². The molecule has 0 aromatic carbocycles. The molecule has 0 radical (unpaired) electrons. The molecule has 0 heterocycles. The number of nitrogens with two attached hydrogens (primary N) is 1. The van der Waals surface area contributed by atoms with Gasteiger partial charge in [0.2, 0.25) is 0 Å². The van der Waals surface area contributed by atoms with E-state index in [-0.39, 0.29) is 0 Å². The maximum absolute atomic E-state index is 6.27. The molecule has 25 heavy (non-hydrogen) atoms. The molecule has 0 aromatic rings. The second kappa shape index (κ2) is 22.0. The number of hydrogen-bond donors (Lipinski definition) is 1. The standard InChI is InChI=1S/C24H51N/c1-3-5-7-9-11-13-14-15-17-19-21-23-24(25)22-20-18-16-12-10-8-6-4-2/h24H,3-23,25H2,1-2H3. The van der Waals surface area contributed by atoms with Crippen LogP contribution >= 0.6 is 0 Å². The second-order valence-corrected chi connectivity index (χ2v) is 8.35. The van der Waals surface area contributed by atoms with Crippen LogP contribution in [-0.4, -0.2) is 6.04 Å². The lowest BCUT2D eigenvalue weighted by molar-refractivity contribution is 0.479. The number of rotatable bonds is 21. The van der Waals surface area contributed by atoms with E-state index in [4.69, 9.17) is 5.73 Å². The minimum atomic E-state index is 0.471. The molecule has 1 nitrogen and oxygen atoms in total. The van der Waals surface area contributed by atoms with Gasteiger partial charge in [0.25, 0.3) is 0 Å². The van der Waals surface area contributed by atoms with Gasteiger partial charge < -0.3 is 5.73 Å². The molecule has 0 aromatic heterocycles. The first-order valence-electron chi connectivity index (χ1n) is 12.1. The monoisotopic (exact) mass is 353 g/mol. The Kier molecular flexibility index (Phi) is 22.0. The lowest BCUT2D eigenvalue weighted by Crippen LogP contribution is -2.19. The van der Waals surface area contributed by atoms with Crippen molar-refractivity contribution in [2.24, 2.45) is 5.73 Å². The highest BCUT2D eigenvalue weighted by Gasteiger charge is 2.02. The molecular weight excluding hydrogens is 302 g/mol. The van der Waals surface area contributed by atoms with E-state index in [1.165, 1.54) is 135 Å². The first kappa shape index (κ1) is 25.0. The zero-order valence-corrected chi connectivity index (χ0v) is 18.0. The van der Waals surface area contributed by atoms with Crippen LogP contribution in [0.25, 0.3) is 0 Å². The van der Waals surface area contributed by atoms with Crippen molar-refractivity contribution in [2.45, 2.75) is 155 Å². The van der Waals surface area contributed by atoms with Crippen LogP contribution < -0.4 is 5.73 Å². The summed E-state index contributed by atoms with van der Waals surface area (Å²) in [6, 6.07) is 0.471. The van der Waals surface area contributed by atoms with Gasteiger partial charge in [-0.3, -0.25) is 0 Å². The number of hydrogen-bond acceptors (Lipinski definition) is 1. The third-order valence-corrected chi connectivity index (χ3v) is 5.61. The summed E-state index contributed by atoms with van der Waals surface area (Å²) in [4.78, 5) is 0. The molecule has 0 saturated heterocycles. The maximum Gasteiger partial charge on any atom is 0.00388 e. The minimum absolute atomic E-state index is 0.471. The minimum Gasteiger partial charge on any atom is -0.328 e. The molecule has 152 valence electrons. The molecule has 2 N–H and O–H groups in total. The van der Waals surface area contributed by atoms with Gasteiger partial charge in [-0.25, -0.2) is 0 Å². The van der Waals surface area contributed by atoms with Crippen molar-refractivity contribution in [3.63, 3.8) is 0 Å². The van der Waals surface area contributed by atoms with Gasteiger partial charge in [0.1, 0.15) is 0 Å². The molecule has 1 atom stereocenters. The Morgan fingerprint density at radius 2 is 0.640 bits per heavy atom. The third-order valence-electron chi connectivity index (χ3n) is 5.61. The van der Waals surface area contributed by atoms with Crippen LogP contribution in [0.1, 0.15) is 149 Å². The van der Waals surface area contributed by atoms with Crippen molar-refractivity contribution in [3.8, 4) is 0 Å². The molecule has 0 aliphatic rings. The van der Waals surface area contributed by atoms with Gasteiger partial charge in [0.15, 0.2) is 0 Å². The van der Waals surface area contributed by atoms with Crippen LogP contribution in [0.2, 0.25) is 0 Å². The first-order chi connectivity index (χ1) is 12.3. The predicted octanol–water partition coefficient (Wildman–Crippen LogP) is 8.55. The molecule has 0 aliphatic heterocycles. The predicted molar refractivity (Wildman–Crippen MR) is 116 cm³/mol. The van der Waals surface area contributed by atoms with E-state index < -0.39 is 0 Å². The lowest BCUT2D eigenvalue weighted by Gasteiger charge is -2.11. The molecular formula is C24H51N. The van der Waals surface area contributed by atoms with Gasteiger partial charge in [-0.15, -0.1) is 0 Å². The van der Waals surface area contributed by atoms with E-state index in [1.54, 1.807) is 0 Å². The van der Waals surface area contributed by atoms with Crippen LogP contribution in [-0.2, 0) is 0 Å². The summed E-state index contributed by atoms with van der Waals surface area (Å²) in [5.74, 6) is 0. The molecule has 1 heteroatoms. The average molecular weight is 354 g/mol. The quantitative estimate of drug-likeness (QED) is 0.205. The van der Waals surface area contributed by atoms with Crippen molar-refractivity contribution in [1.29, 1.82) is 0 Å². The molecule has 1 unspecified atom stereocenters. The summed E-state index contributed by atoms with van der Waals surface area (Å²) in [7, 11) is 0. The van der Waals surface area contributed by atoms with Crippen LogP contribution in [0.5, 0.6) is 0 Å². The zero-order chi connectivity index (χ0) is 18.4. The fraction of sp³-hybridized carbons (Fsp3) is 1.00. The van der Waals surface area contributed by atoms with Gasteiger partial charge in [-0.05, 0) is 12.8 Å². The van der Waals surface area contributed by atoms with Gasteiger partial charge in [0.05, 0.1) is 0 Å². The Bertz CT molecular complexity index is 226. The van der Waals surface area contributed by atoms with E-state index >= 15 is 0 Å². The summed E-state index contributed by atoms with van der Waals surface area (Å²) in [5, 5.41) is 0. The van der Waals surface area contributed by atoms with E-state index in [9.17, 15) is 0 Å². The summed E-state index contributed by atoms with van der Waals surface area (Å²) in [6.45, 7) is 4.58. The zero-order valence-electron chi connectivity index (χ0n) is 18.0. The lowest BCUT2D eigenvalue weighted by atomic mass is 10.0. The van der Waals surface area contributed by atoms with Crippen molar-refractivity contribution in [2.75, 3.05) is 0 Å². The van der Waals surface area contributed by atoms with E-state index in [2.05, 4.69) is 13.8 Å². The Balaban J connectivity index is 3.11. The van der Waals surface area contributed by atoms with E-state index in [0.29, 0.717) is 6.04 Å². The molecule has 0 fully saturated rings. The Morgan fingerprint density at radius 3 is 0.920 bits per heavy atom. The fourth-order valence-corrected chi connectivity index (χ4v) is 3.76. The first-order valence-corrected chi connectivity index (χ1v) is 12.1. The Morgan fingerprint density at radius 1 is 0.400 bits per heavy atom. The normalized spacial score (nSPS) is 12.6.